The third-order valence-corrected chi connectivity index (χ3v) is 0. The summed E-state index contributed by atoms with van der Waals surface area (Å²) in [7, 11) is 0. The maximum Gasteiger partial charge on any atom is 0 e. The SMILES string of the molecule is C.[Ce].[F].[La]. The molecule has 0 aliphatic rings. The average molecular weight is 314 g/mol. The Hall–Kier alpha value is 2.50. The summed E-state index contributed by atoms with van der Waals surface area (Å²) in [5.41, 5.74) is 0. The van der Waals surface area contributed by atoms with Gasteiger partial charge < -0.3 is 0 Å². The monoisotopic (exact) mass is 314 g/mol. The zero-order valence-electron chi connectivity index (χ0n) is 1.46. The van der Waals surface area contributed by atoms with Gasteiger partial charge in [0.05, 0.1) is 0 Å². The first-order valence-corrected chi connectivity index (χ1v) is 0. The van der Waals surface area contributed by atoms with Gasteiger partial charge in [-0.1, -0.05) is 7.43 Å². The normalized spacial score (nSPS) is 0. The molecule has 3 heteroatoms. The van der Waals surface area contributed by atoms with Crippen molar-refractivity contribution in [3.63, 3.8) is 0 Å². The largest absolute Gasteiger partial charge is 0.0776 e. The Kier molecular flexibility index (Phi) is 140. The molecule has 0 unspecified atom stereocenters. The van der Waals surface area contributed by atoms with Crippen LogP contribution in [0.2, 0.25) is 0 Å². The fourth-order valence-electron chi connectivity index (χ4n) is 0. The fraction of sp³-hybridized carbons (Fsp3) is 1.00. The minimum atomic E-state index is 0. The van der Waals surface area contributed by atoms with E-state index in [1.807, 2.05) is 0 Å². The van der Waals surface area contributed by atoms with Gasteiger partial charge in [-0.15, -0.1) is 0 Å². The zero-order chi connectivity index (χ0) is 0. The van der Waals surface area contributed by atoms with Crippen molar-refractivity contribution in [2.24, 2.45) is 0 Å². The Morgan fingerprint density at radius 1 is 1.00 bits per heavy atom. The molecule has 0 atom stereocenters. The molecule has 4 heavy (non-hydrogen) atoms. The fourth-order valence-corrected chi connectivity index (χ4v) is 0. The van der Waals surface area contributed by atoms with Gasteiger partial charge in [-0.25, -0.2) is 0 Å². The number of hydrogen-bond donors (Lipinski definition) is 0. The van der Waals surface area contributed by atoms with Gasteiger partial charge in [0.1, 0.15) is 0 Å². The summed E-state index contributed by atoms with van der Waals surface area (Å²) in [5, 5.41) is 0. The maximum atomic E-state index is 0. The Bertz CT molecular complexity index is 8.00. The standard InChI is InChI=1S/CH4.Ce.F.La/h1H4;;;. The van der Waals surface area contributed by atoms with Crippen molar-refractivity contribution in [2.75, 3.05) is 0 Å². The van der Waals surface area contributed by atoms with E-state index in [2.05, 4.69) is 0 Å². The van der Waals surface area contributed by atoms with Crippen molar-refractivity contribution in [3.8, 4) is 0 Å². The predicted molar refractivity (Wildman–Crippen MR) is 7.84 cm³/mol. The summed E-state index contributed by atoms with van der Waals surface area (Å²) in [6, 6.07) is 0. The molecular weight excluding hydrogens is 310 g/mol. The summed E-state index contributed by atoms with van der Waals surface area (Å²) in [4.78, 5) is 0. The van der Waals surface area contributed by atoms with Gasteiger partial charge in [-0.3, -0.25) is 0 Å². The van der Waals surface area contributed by atoms with Crippen LogP contribution in [0.15, 0.2) is 0 Å². The van der Waals surface area contributed by atoms with Crippen molar-refractivity contribution >= 4 is 0 Å². The van der Waals surface area contributed by atoms with Gasteiger partial charge in [0.15, 0.2) is 0 Å². The molecule has 0 N–H and O–H groups in total. The van der Waals surface area contributed by atoms with Gasteiger partial charge in [0.25, 0.3) is 0 Å². The molecule has 0 aromatic carbocycles. The van der Waals surface area contributed by atoms with Crippen LogP contribution in [0.1, 0.15) is 7.43 Å². The molecule has 0 amide bonds. The molecule has 0 aliphatic heterocycles. The molecule has 2 radical (unpaired) electrons. The second-order valence-electron chi connectivity index (χ2n) is 0. The average Bonchev–Trinajstić information content (AvgIpc) is 0. The Morgan fingerprint density at radius 2 is 1.00 bits per heavy atom. The van der Waals surface area contributed by atoms with E-state index in [9.17, 15) is 0 Å². The van der Waals surface area contributed by atoms with Gasteiger partial charge in [0, 0.05) is 82.1 Å². The van der Waals surface area contributed by atoms with Crippen molar-refractivity contribution in [2.45, 2.75) is 7.43 Å². The van der Waals surface area contributed by atoms with Gasteiger partial charge in [0.2, 0.25) is 0 Å². The Balaban J connectivity index is 0. The predicted octanol–water partition coefficient (Wildman–Crippen LogP) is 1.06. The summed E-state index contributed by atoms with van der Waals surface area (Å²) in [5.74, 6) is 0. The molecule has 0 bridgehead atoms. The maximum absolute atomic E-state index is 0. The molecule has 0 aliphatic carbocycles. The zero-order valence-corrected chi connectivity index (χ0v) is 8.22. The van der Waals surface area contributed by atoms with E-state index in [1.165, 1.54) is 0 Å². The quantitative estimate of drug-likeness (QED) is 0.627. The van der Waals surface area contributed by atoms with E-state index in [-0.39, 0.29) is 89.5 Å². The van der Waals surface area contributed by atoms with E-state index in [0.717, 1.165) is 0 Å². The summed E-state index contributed by atoms with van der Waals surface area (Å²) in [6.45, 7) is 0. The first-order valence-electron chi connectivity index (χ1n) is 0. The van der Waals surface area contributed by atoms with Crippen LogP contribution < -0.4 is 0 Å². The Morgan fingerprint density at radius 3 is 1.00 bits per heavy atom. The first-order chi connectivity index (χ1) is 0. The van der Waals surface area contributed by atoms with Crippen molar-refractivity contribution < 1.29 is 82.1 Å². The molecule has 0 saturated carbocycles. The van der Waals surface area contributed by atoms with Gasteiger partial charge in [-0.2, -0.15) is 0 Å². The number of rotatable bonds is 0. The minimum absolute atomic E-state index is 0. The minimum Gasteiger partial charge on any atom is -0.0776 e. The van der Waals surface area contributed by atoms with Gasteiger partial charge in [-0.05, 0) is 0 Å². The van der Waals surface area contributed by atoms with Crippen LogP contribution in [0.5, 0.6) is 0 Å². The van der Waals surface area contributed by atoms with Crippen LogP contribution in [0.3, 0.4) is 0 Å². The second kappa shape index (κ2) is 17.8. The van der Waals surface area contributed by atoms with Crippen molar-refractivity contribution in [1.82, 2.24) is 0 Å². The van der Waals surface area contributed by atoms with E-state index < -0.39 is 0 Å². The molecular formula is CH4CeFLa. The van der Waals surface area contributed by atoms with Crippen molar-refractivity contribution in [1.29, 1.82) is 0 Å². The third kappa shape index (κ3) is 8.82. The molecule has 0 rings (SSSR count). The van der Waals surface area contributed by atoms with Crippen LogP contribution in [-0.2, 0) is 0 Å². The number of hydrogen-bond acceptors (Lipinski definition) is 0. The molecule has 0 saturated heterocycles. The topological polar surface area (TPSA) is 0 Å². The van der Waals surface area contributed by atoms with Crippen LogP contribution in [0.4, 0.5) is 4.70 Å². The van der Waals surface area contributed by atoms with E-state index in [0.29, 0.717) is 0 Å². The molecule has 0 fully saturated rings. The third-order valence-electron chi connectivity index (χ3n) is 0. The van der Waals surface area contributed by atoms with E-state index >= 15 is 0 Å². The first kappa shape index (κ1) is 31.4. The Labute approximate surface area is 87.5 Å². The molecule has 0 aromatic heterocycles. The van der Waals surface area contributed by atoms with E-state index in [4.69, 9.17) is 0 Å². The van der Waals surface area contributed by atoms with Crippen LogP contribution >= 0.6 is 0 Å². The number of halogens is 1. The summed E-state index contributed by atoms with van der Waals surface area (Å²) in [6.07, 6.45) is 0. The van der Waals surface area contributed by atoms with Crippen LogP contribution in [0, 0.1) is 77.3 Å². The molecule has 22 valence electrons. The van der Waals surface area contributed by atoms with Crippen molar-refractivity contribution in [3.05, 3.63) is 0 Å². The molecule has 0 spiro atoms. The molecule has 0 nitrogen and oxygen atoms in total. The summed E-state index contributed by atoms with van der Waals surface area (Å²) < 4.78 is 0. The van der Waals surface area contributed by atoms with Crippen LogP contribution in [0.25, 0.3) is 0 Å². The summed E-state index contributed by atoms with van der Waals surface area (Å²) >= 11 is 0. The van der Waals surface area contributed by atoms with Crippen LogP contribution in [-0.4, -0.2) is 0 Å². The second-order valence-corrected chi connectivity index (χ2v) is 0. The molecule has 0 heterocycles. The van der Waals surface area contributed by atoms with E-state index in [1.54, 1.807) is 0 Å². The molecule has 0 aromatic rings. The smallest absolute Gasteiger partial charge is 0 e. The van der Waals surface area contributed by atoms with Gasteiger partial charge >= 0.3 is 0 Å².